The number of carbonyl (C=O) groups excluding carboxylic acids is 2. The minimum Gasteiger partial charge on any atom is -0.593 e. The maximum absolute atomic E-state index is 13.8. The number of amides is 2. The zero-order valence-corrected chi connectivity index (χ0v) is 30.4. The highest BCUT2D eigenvalue weighted by molar-refractivity contribution is 7.89. The number of aryl methyl sites for hydroxylation is 3. The highest BCUT2D eigenvalue weighted by atomic mass is 32.2. The Labute approximate surface area is 305 Å². The van der Waals surface area contributed by atoms with Crippen molar-refractivity contribution in [3.05, 3.63) is 111 Å². The fourth-order valence-corrected chi connectivity index (χ4v) is 8.78. The number of nitrogens with one attached hydrogen (secondary N) is 2. The lowest BCUT2D eigenvalue weighted by molar-refractivity contribution is -0.137. The average molecular weight is 730 g/mol. The molecule has 3 aromatic carbocycles. The third-order valence-electron chi connectivity index (χ3n) is 8.82. The topological polar surface area (TPSA) is 159 Å². The van der Waals surface area contributed by atoms with E-state index < -0.39 is 29.2 Å². The van der Waals surface area contributed by atoms with Crippen molar-refractivity contribution in [1.29, 1.82) is 0 Å². The molecular weight excluding hydrogens is 687 g/mol. The maximum atomic E-state index is 13.8. The molecule has 12 heteroatoms. The van der Waals surface area contributed by atoms with Crippen LogP contribution in [-0.2, 0) is 41.8 Å². The summed E-state index contributed by atoms with van der Waals surface area (Å²) < 4.78 is 15.2. The number of rotatable bonds is 16. The summed E-state index contributed by atoms with van der Waals surface area (Å²) in [5.74, 6) is -2.54. The lowest BCUT2D eigenvalue weighted by Crippen LogP contribution is -2.38. The van der Waals surface area contributed by atoms with Gasteiger partial charge in [-0.2, -0.15) is 0 Å². The van der Waals surface area contributed by atoms with Gasteiger partial charge >= 0.3 is 11.9 Å². The monoisotopic (exact) mass is 729 g/mol. The van der Waals surface area contributed by atoms with E-state index >= 15 is 0 Å². The third kappa shape index (κ3) is 10.1. The van der Waals surface area contributed by atoms with Crippen molar-refractivity contribution >= 4 is 57.1 Å². The Kier molecular flexibility index (Phi) is 13.1. The van der Waals surface area contributed by atoms with Gasteiger partial charge in [0, 0.05) is 35.2 Å². The van der Waals surface area contributed by atoms with E-state index in [4.69, 9.17) is 10.2 Å². The minimum absolute atomic E-state index is 0.0233. The van der Waals surface area contributed by atoms with Crippen LogP contribution in [0.5, 0.6) is 0 Å². The molecule has 1 atom stereocenters. The van der Waals surface area contributed by atoms with Crippen molar-refractivity contribution in [1.82, 2.24) is 4.31 Å². The lowest BCUT2D eigenvalue weighted by Gasteiger charge is -2.27. The summed E-state index contributed by atoms with van der Waals surface area (Å²) in [6, 6.07) is 21.1. The van der Waals surface area contributed by atoms with Crippen molar-refractivity contribution in [3.8, 4) is 0 Å². The predicted molar refractivity (Wildman–Crippen MR) is 200 cm³/mol. The van der Waals surface area contributed by atoms with E-state index in [2.05, 4.69) is 10.6 Å². The second-order valence-electron chi connectivity index (χ2n) is 12.9. The molecule has 0 saturated carbocycles. The molecule has 2 amide bonds. The molecule has 10 nitrogen and oxygen atoms in total. The van der Waals surface area contributed by atoms with E-state index in [9.17, 15) is 23.7 Å². The van der Waals surface area contributed by atoms with Crippen LogP contribution in [0, 0.1) is 0 Å². The molecule has 0 spiro atoms. The number of thiophene rings is 1. The standard InChI is InChI=1S/C39H43N3O7S2/c1-25(2)42(23-7-14-34(43)44)51(49)31-11-6-10-29(24-31)36(45)41-38-35(32-12-3-4-13-33(32)50-38)37(46)40-30-21-17-27(18-22-30)9-5-8-26-15-19-28(20-16-26)39(47)48/h6,10-11,15-22,24-25H,3-5,7-9,12-14,23H2,1-2H3,(H,40,46)(H,41,45)(H,43,44)(H,47,48). The van der Waals surface area contributed by atoms with Crippen LogP contribution in [0.4, 0.5) is 10.7 Å². The number of hydrogen-bond acceptors (Lipinski definition) is 7. The molecule has 0 radical (unpaired) electrons. The number of carboxylic acids is 2. The molecule has 1 aromatic heterocycles. The van der Waals surface area contributed by atoms with E-state index in [1.165, 1.54) is 11.3 Å². The van der Waals surface area contributed by atoms with Gasteiger partial charge in [-0.1, -0.05) is 30.3 Å². The first-order chi connectivity index (χ1) is 24.5. The first-order valence-corrected chi connectivity index (χ1v) is 19.1. The Morgan fingerprint density at radius 3 is 2.16 bits per heavy atom. The molecule has 51 heavy (non-hydrogen) atoms. The van der Waals surface area contributed by atoms with Gasteiger partial charge in [-0.05, 0) is 118 Å². The number of carboxylic acid groups (broad SMARTS) is 2. The number of nitrogens with zero attached hydrogens (tertiary/aromatic N) is 1. The van der Waals surface area contributed by atoms with Crippen LogP contribution in [0.25, 0.3) is 0 Å². The van der Waals surface area contributed by atoms with Gasteiger partial charge in [-0.3, -0.25) is 14.4 Å². The smallest absolute Gasteiger partial charge is 0.335 e. The van der Waals surface area contributed by atoms with E-state index in [-0.39, 0.29) is 23.9 Å². The van der Waals surface area contributed by atoms with Crippen LogP contribution in [-0.4, -0.2) is 55.4 Å². The molecule has 0 fully saturated rings. The molecule has 4 aromatic rings. The summed E-state index contributed by atoms with van der Waals surface area (Å²) >= 11 is -0.174. The van der Waals surface area contributed by atoms with Gasteiger partial charge < -0.3 is 25.4 Å². The van der Waals surface area contributed by atoms with E-state index in [0.29, 0.717) is 39.7 Å². The zero-order chi connectivity index (χ0) is 36.5. The van der Waals surface area contributed by atoms with Crippen molar-refractivity contribution in [2.24, 2.45) is 0 Å². The van der Waals surface area contributed by atoms with E-state index in [1.807, 2.05) is 50.2 Å². The predicted octanol–water partition coefficient (Wildman–Crippen LogP) is 7.60. The van der Waals surface area contributed by atoms with Crippen molar-refractivity contribution < 1.29 is 33.9 Å². The van der Waals surface area contributed by atoms with Gasteiger partial charge in [0.25, 0.3) is 11.8 Å². The summed E-state index contributed by atoms with van der Waals surface area (Å²) in [6.07, 6.45) is 6.45. The Balaban J connectivity index is 1.25. The largest absolute Gasteiger partial charge is 0.593 e. The van der Waals surface area contributed by atoms with Gasteiger partial charge in [0.05, 0.1) is 28.5 Å². The second-order valence-corrected chi connectivity index (χ2v) is 15.4. The summed E-state index contributed by atoms with van der Waals surface area (Å²) in [5, 5.41) is 24.6. The quantitative estimate of drug-likeness (QED) is 0.0859. The normalized spacial score (nSPS) is 13.1. The van der Waals surface area contributed by atoms with Crippen LogP contribution in [0.15, 0.2) is 77.7 Å². The van der Waals surface area contributed by atoms with Crippen molar-refractivity contribution in [2.75, 3.05) is 17.2 Å². The number of benzene rings is 3. The number of aromatic carboxylic acids is 1. The van der Waals surface area contributed by atoms with Gasteiger partial charge in [0.15, 0.2) is 4.90 Å². The van der Waals surface area contributed by atoms with Crippen molar-refractivity contribution in [2.45, 2.75) is 82.6 Å². The molecule has 1 aliphatic carbocycles. The molecule has 0 bridgehead atoms. The van der Waals surface area contributed by atoms with Crippen LogP contribution >= 0.6 is 11.3 Å². The van der Waals surface area contributed by atoms with E-state index in [1.54, 1.807) is 40.7 Å². The van der Waals surface area contributed by atoms with E-state index in [0.717, 1.165) is 66.5 Å². The molecule has 5 rings (SSSR count). The molecule has 0 saturated heterocycles. The average Bonchev–Trinajstić information content (AvgIpc) is 3.48. The SMILES string of the molecule is CC(C)N(CCCC(=O)O)[S+]([O-])c1cccc(C(=O)Nc2sc3c(c2C(=O)Nc2ccc(CCCc4ccc(C(=O)O)cc4)cc2)CCCC3)c1. The fraction of sp³-hybridized carbons (Fsp3) is 0.333. The van der Waals surface area contributed by atoms with Gasteiger partial charge in [-0.15, -0.1) is 15.6 Å². The molecule has 1 unspecified atom stereocenters. The molecule has 0 aliphatic heterocycles. The van der Waals surface area contributed by atoms with Crippen LogP contribution < -0.4 is 10.6 Å². The van der Waals surface area contributed by atoms with Crippen LogP contribution in [0.1, 0.15) is 98.6 Å². The second kappa shape index (κ2) is 17.6. The first-order valence-electron chi connectivity index (χ1n) is 17.2. The van der Waals surface area contributed by atoms with Gasteiger partial charge in [0.2, 0.25) is 0 Å². The van der Waals surface area contributed by atoms with Crippen molar-refractivity contribution in [3.63, 3.8) is 0 Å². The third-order valence-corrected chi connectivity index (χ3v) is 11.7. The highest BCUT2D eigenvalue weighted by Crippen LogP contribution is 2.39. The lowest BCUT2D eigenvalue weighted by atomic mass is 9.95. The number of fused-ring (bicyclic) bond motifs is 1. The fourth-order valence-electron chi connectivity index (χ4n) is 6.13. The Hall–Kier alpha value is -4.49. The Bertz CT molecular complexity index is 1860. The number of anilines is 2. The molecular formula is C39H43N3O7S2. The summed E-state index contributed by atoms with van der Waals surface area (Å²) in [7, 11) is 0. The summed E-state index contributed by atoms with van der Waals surface area (Å²) in [5.41, 5.74) is 4.87. The number of aliphatic carboxylic acids is 1. The molecule has 1 aliphatic rings. The van der Waals surface area contributed by atoms with Gasteiger partial charge in [-0.25, -0.2) is 4.79 Å². The summed E-state index contributed by atoms with van der Waals surface area (Å²) in [4.78, 5) is 51.0. The minimum atomic E-state index is -1.60. The van der Waals surface area contributed by atoms with Crippen LogP contribution in [0.2, 0.25) is 0 Å². The molecule has 268 valence electrons. The zero-order valence-electron chi connectivity index (χ0n) is 28.8. The van der Waals surface area contributed by atoms with Gasteiger partial charge in [0.1, 0.15) is 5.00 Å². The Morgan fingerprint density at radius 1 is 0.843 bits per heavy atom. The molecule has 1 heterocycles. The number of hydrogen-bond donors (Lipinski definition) is 4. The maximum Gasteiger partial charge on any atom is 0.335 e. The number of carbonyl (C=O) groups is 4. The Morgan fingerprint density at radius 2 is 1.51 bits per heavy atom. The first kappa shape index (κ1) is 37.8. The summed E-state index contributed by atoms with van der Waals surface area (Å²) in [6.45, 7) is 4.12. The van der Waals surface area contributed by atoms with Crippen LogP contribution in [0.3, 0.4) is 0 Å². The highest BCUT2D eigenvalue weighted by Gasteiger charge is 2.29. The molecule has 4 N–H and O–H groups in total.